The molecule has 0 aliphatic rings. The second-order valence-corrected chi connectivity index (χ2v) is 23.4. The van der Waals surface area contributed by atoms with Crippen LogP contribution in [0.15, 0.2) is 369 Å². The van der Waals surface area contributed by atoms with E-state index in [4.69, 9.17) is 10.0 Å². The number of hydrogen-bond acceptors (Lipinski definition) is 8. The first-order valence-electron chi connectivity index (χ1n) is 32.0. The minimum absolute atomic E-state index is 0. The molecule has 15 rings (SSSR count). The fourth-order valence-corrected chi connectivity index (χ4v) is 10.1. The summed E-state index contributed by atoms with van der Waals surface area (Å²) in [6, 6.07) is 117. The molecule has 0 saturated heterocycles. The van der Waals surface area contributed by atoms with E-state index in [2.05, 4.69) is 191 Å². The van der Waals surface area contributed by atoms with E-state index in [9.17, 15) is 0 Å². The van der Waals surface area contributed by atoms with Crippen molar-refractivity contribution in [3.05, 3.63) is 422 Å². The Kier molecular flexibility index (Phi) is 34.5. The maximum Gasteiger partial charge on any atom is 3.00 e. The summed E-state index contributed by atoms with van der Waals surface area (Å²) < 4.78 is 2.10. The van der Waals surface area contributed by atoms with E-state index in [-0.39, 0.29) is 40.2 Å². The van der Waals surface area contributed by atoms with Gasteiger partial charge < -0.3 is 40.0 Å². The van der Waals surface area contributed by atoms with Crippen LogP contribution in [0.4, 0.5) is 0 Å². The van der Waals surface area contributed by atoms with Gasteiger partial charge in [0.2, 0.25) is 0 Å². The molecule has 0 aliphatic carbocycles. The molecular weight excluding hydrogens is 1750 g/mol. The van der Waals surface area contributed by atoms with Crippen molar-refractivity contribution in [1.82, 2.24) is 29.9 Å². The van der Waals surface area contributed by atoms with Gasteiger partial charge in [-0.2, -0.15) is 0 Å². The summed E-state index contributed by atoms with van der Waals surface area (Å²) in [6.45, 7) is 11.1. The number of nitrogens with zero attached hydrogens (tertiary/aromatic N) is 6. The fourth-order valence-electron chi connectivity index (χ4n) is 9.43. The van der Waals surface area contributed by atoms with Gasteiger partial charge in [-0.15, -0.1) is 202 Å². The third kappa shape index (κ3) is 26.7. The van der Waals surface area contributed by atoms with Crippen LogP contribution in [0.2, 0.25) is 0 Å². The molecule has 0 atom stereocenters. The van der Waals surface area contributed by atoms with Crippen LogP contribution >= 0.6 is 31.9 Å². The predicted molar refractivity (Wildman–Crippen MR) is 424 cm³/mol. The van der Waals surface area contributed by atoms with Crippen LogP contribution < -0.4 is 5.46 Å². The molecule has 0 fully saturated rings. The van der Waals surface area contributed by atoms with Crippen molar-refractivity contribution in [2.75, 3.05) is 0 Å². The predicted octanol–water partition coefficient (Wildman–Crippen LogP) is 21.4. The van der Waals surface area contributed by atoms with Crippen LogP contribution in [0.3, 0.4) is 0 Å². The second kappa shape index (κ2) is 44.6. The molecule has 8 nitrogen and oxygen atoms in total. The van der Waals surface area contributed by atoms with Gasteiger partial charge in [-0.3, -0.25) is 0 Å². The zero-order chi connectivity index (χ0) is 70.5. The van der Waals surface area contributed by atoms with E-state index in [0.29, 0.717) is 5.46 Å². The molecule has 9 aromatic carbocycles. The van der Waals surface area contributed by atoms with Gasteiger partial charge >= 0.3 is 47.3 Å². The summed E-state index contributed by atoms with van der Waals surface area (Å²) in [5.74, 6) is 0. The molecule has 15 aromatic rings. The van der Waals surface area contributed by atoms with Crippen LogP contribution in [0.1, 0.15) is 16.7 Å². The van der Waals surface area contributed by atoms with Gasteiger partial charge in [0.15, 0.2) is 0 Å². The van der Waals surface area contributed by atoms with Gasteiger partial charge in [-0.25, -0.2) is 0 Å². The van der Waals surface area contributed by atoms with E-state index in [1.54, 1.807) is 67.5 Å². The van der Waals surface area contributed by atoms with E-state index >= 15 is 0 Å². The third-order valence-corrected chi connectivity index (χ3v) is 15.6. The molecule has 13 heteroatoms. The molecule has 2 N–H and O–H groups in total. The first kappa shape index (κ1) is 79.7. The van der Waals surface area contributed by atoms with Crippen molar-refractivity contribution in [2.24, 2.45) is 0 Å². The van der Waals surface area contributed by atoms with Gasteiger partial charge in [0.1, 0.15) is 0 Å². The number of aromatic nitrogens is 6. The zero-order valence-electron chi connectivity index (χ0n) is 55.8. The van der Waals surface area contributed by atoms with Gasteiger partial charge in [-0.1, -0.05) is 224 Å². The maximum atomic E-state index is 8.72. The van der Waals surface area contributed by atoms with Crippen LogP contribution in [0.25, 0.3) is 108 Å². The Balaban J connectivity index is 0.000000170. The maximum absolute atomic E-state index is 8.72. The quantitative estimate of drug-likeness (QED) is 0.0917. The van der Waals surface area contributed by atoms with Crippen molar-refractivity contribution >= 4 is 62.7 Å². The molecule has 0 unspecified atom stereocenters. The molecule has 103 heavy (non-hydrogen) atoms. The molecule has 6 heterocycles. The Bertz CT molecular complexity index is 4530. The molecule has 0 spiro atoms. The Labute approximate surface area is 649 Å². The zero-order valence-corrected chi connectivity index (χ0v) is 63.7. The number of rotatable bonds is 12. The molecule has 0 amide bonds. The number of halogens is 2. The minimum atomic E-state index is -1.38. The van der Waals surface area contributed by atoms with E-state index in [0.717, 1.165) is 93.2 Å². The fraction of sp³-hybridized carbons (Fsp3) is 0. The standard InChI is InChI=1S/2C19H14N.2C11H7BrN.2C11H8N.C8H9BO2.2Ir/c2*1-2-15-9-11-16(12-10-15)17-6-5-7-18(14-17)19-8-3-4-13-20-19;2*12-10-5-3-4-9(8-10)11-6-1-2-7-13-11;2*1-2-6-10(7-3-1)11-8-4-5-9-12-11;1-2-7-3-5-8(6-4-7)9(10)11;;/h2*2-6,8-14H,1H2;2*1-3,5-8H;2*1-6,8-9H;2-6,10-11H,1H2;;/q6*-1;;2*+3. The van der Waals surface area contributed by atoms with Crippen molar-refractivity contribution in [3.8, 4) is 89.8 Å². The van der Waals surface area contributed by atoms with Crippen molar-refractivity contribution in [2.45, 2.75) is 0 Å². The molecule has 0 aliphatic heterocycles. The van der Waals surface area contributed by atoms with Crippen molar-refractivity contribution in [1.29, 1.82) is 0 Å². The first-order valence-corrected chi connectivity index (χ1v) is 33.6. The summed E-state index contributed by atoms with van der Waals surface area (Å²) >= 11 is 6.82. The van der Waals surface area contributed by atoms with Gasteiger partial charge in [0.05, 0.1) is 0 Å². The number of hydrogen-bond donors (Lipinski definition) is 2. The Morgan fingerprint density at radius 3 is 0.786 bits per heavy atom. The van der Waals surface area contributed by atoms with E-state index in [1.165, 1.54) is 22.3 Å². The SMILES string of the molecule is Brc1cc[c-]c(-c2ccccn2)c1.Brc1cc[c-]c(-c2ccccn2)c1.C=Cc1ccc(-c2cc[c-]c(-c3ccccn3)c2)cc1.C=Cc1ccc(-c2cc[c-]c(-c3ccccn3)c2)cc1.C=Cc1ccc(B(O)O)cc1.[Ir+3].[Ir+3].[c-]1ccccc1-c1ccccn1.[c-]1ccccc1-c1ccccn1. The van der Waals surface area contributed by atoms with Crippen molar-refractivity contribution < 1.29 is 50.3 Å². The van der Waals surface area contributed by atoms with Crippen LogP contribution in [0, 0.1) is 36.4 Å². The molecule has 0 bridgehead atoms. The van der Waals surface area contributed by atoms with E-state index in [1.807, 2.05) is 218 Å². The summed E-state index contributed by atoms with van der Waals surface area (Å²) in [7, 11) is -1.38. The third-order valence-electron chi connectivity index (χ3n) is 14.6. The molecule has 0 saturated carbocycles. The second-order valence-electron chi connectivity index (χ2n) is 21.6. The summed E-state index contributed by atoms with van der Waals surface area (Å²) in [4.78, 5) is 25.6. The van der Waals surface area contributed by atoms with Gasteiger partial charge in [-0.05, 0) is 104 Å². The monoisotopic (exact) mass is 1820 g/mol. The van der Waals surface area contributed by atoms with Crippen LogP contribution in [-0.2, 0) is 40.2 Å². The van der Waals surface area contributed by atoms with Crippen LogP contribution in [0.5, 0.6) is 0 Å². The molecule has 504 valence electrons. The number of pyridine rings is 6. The summed E-state index contributed by atoms with van der Waals surface area (Å²) in [6.07, 6.45) is 16.1. The molecule has 0 radical (unpaired) electrons. The summed E-state index contributed by atoms with van der Waals surface area (Å²) in [5, 5.41) is 17.4. The molecular formula is C90H67BBr2Ir2N6O2. The smallest absolute Gasteiger partial charge is 0.423 e. The van der Waals surface area contributed by atoms with Crippen molar-refractivity contribution in [3.63, 3.8) is 0 Å². The van der Waals surface area contributed by atoms with E-state index < -0.39 is 7.12 Å². The largest absolute Gasteiger partial charge is 3.00 e. The Morgan fingerprint density at radius 2 is 0.534 bits per heavy atom. The average Bonchev–Trinajstić information content (AvgIpc) is 0.856. The Hall–Kier alpha value is -10.7. The van der Waals surface area contributed by atoms with Gasteiger partial charge in [0.25, 0.3) is 0 Å². The average molecular weight is 1820 g/mol. The number of benzene rings is 9. The first-order chi connectivity index (χ1) is 49.6. The summed E-state index contributed by atoms with van der Waals surface area (Å²) in [5.41, 5.74) is 20.3. The van der Waals surface area contributed by atoms with Crippen LogP contribution in [-0.4, -0.2) is 47.1 Å². The Morgan fingerprint density at radius 1 is 0.272 bits per heavy atom. The minimum Gasteiger partial charge on any atom is -0.423 e. The normalized spacial score (nSPS) is 9.71. The topological polar surface area (TPSA) is 118 Å². The molecule has 6 aromatic heterocycles. The van der Waals surface area contributed by atoms with Gasteiger partial charge in [0, 0.05) is 37.2 Å².